The van der Waals surface area contributed by atoms with Gasteiger partial charge in [0.1, 0.15) is 11.9 Å². The molecule has 1 aliphatic heterocycles. The summed E-state index contributed by atoms with van der Waals surface area (Å²) in [5.74, 6) is 0.816. The van der Waals surface area contributed by atoms with Gasteiger partial charge in [-0.05, 0) is 67.1 Å². The first kappa shape index (κ1) is 28.7. The number of unbranched alkanes of at least 4 members (excludes halogenated alkanes) is 1. The quantitative estimate of drug-likeness (QED) is 0.118. The molecule has 0 unspecified atom stereocenters. The van der Waals surface area contributed by atoms with E-state index in [-0.39, 0.29) is 18.9 Å². The Morgan fingerprint density at radius 1 is 1.07 bits per heavy atom. The van der Waals surface area contributed by atoms with Crippen molar-refractivity contribution in [3.8, 4) is 5.75 Å². The first-order chi connectivity index (χ1) is 19.6. The monoisotopic (exact) mass is 541 g/mol. The highest BCUT2D eigenvalue weighted by Crippen LogP contribution is 2.35. The van der Waals surface area contributed by atoms with Crippen LogP contribution in [0.3, 0.4) is 0 Å². The molecule has 4 rings (SSSR count). The van der Waals surface area contributed by atoms with Gasteiger partial charge < -0.3 is 19.9 Å². The Hall–Kier alpha value is -4.33. The zero-order valence-electron chi connectivity index (χ0n) is 22.7. The second-order valence-corrected chi connectivity index (χ2v) is 9.74. The molecule has 0 saturated heterocycles. The Labute approximate surface area is 234 Å². The van der Waals surface area contributed by atoms with Crippen LogP contribution in [0.1, 0.15) is 42.9 Å². The maximum atomic E-state index is 13.8. The molecular formula is C31H35N5O4. The summed E-state index contributed by atoms with van der Waals surface area (Å²) in [6.07, 6.45) is 2.93. The highest BCUT2D eigenvalue weighted by molar-refractivity contribution is 6.01. The normalized spacial score (nSPS) is 17.9. The average Bonchev–Trinajstić information content (AvgIpc) is 3.31. The molecule has 2 N–H and O–H groups in total. The predicted octanol–water partition coefficient (Wildman–Crippen LogP) is 5.68. The number of hydrogen-bond acceptors (Lipinski definition) is 6. The number of rotatable bonds is 14. The van der Waals surface area contributed by atoms with E-state index >= 15 is 0 Å². The molecule has 0 aliphatic carbocycles. The lowest BCUT2D eigenvalue weighted by Gasteiger charge is -2.28. The van der Waals surface area contributed by atoms with Crippen molar-refractivity contribution in [2.75, 3.05) is 19.8 Å². The number of carbonyl (C=O) groups is 1. The Bertz CT molecular complexity index is 1340. The maximum Gasteiger partial charge on any atom is 0.252 e. The van der Waals surface area contributed by atoms with Crippen LogP contribution in [0.2, 0.25) is 0 Å². The van der Waals surface area contributed by atoms with Crippen LogP contribution in [-0.2, 0) is 22.4 Å². The summed E-state index contributed by atoms with van der Waals surface area (Å²) in [5, 5.41) is 15.9. The smallest absolute Gasteiger partial charge is 0.252 e. The lowest BCUT2D eigenvalue weighted by molar-refractivity contribution is -0.128. The number of ether oxygens (including phenoxy) is 2. The SMILES string of the molecule is C[C@H]1OC(c2ccc(OCCCO)cc2)=N[C@@]1(Cc1ccccc1N=[N+]=[N-])C(=O)NCCCCc1ccccc1. The molecule has 1 aliphatic rings. The lowest BCUT2D eigenvalue weighted by atomic mass is 9.85. The number of nitrogens with zero attached hydrogens (tertiary/aromatic N) is 4. The van der Waals surface area contributed by atoms with Crippen molar-refractivity contribution in [3.05, 3.63) is 106 Å². The van der Waals surface area contributed by atoms with E-state index in [4.69, 9.17) is 25.1 Å². The molecule has 1 amide bonds. The van der Waals surface area contributed by atoms with E-state index in [2.05, 4.69) is 27.5 Å². The minimum atomic E-state index is -1.24. The summed E-state index contributed by atoms with van der Waals surface area (Å²) in [5.41, 5.74) is 11.0. The molecular weight excluding hydrogens is 506 g/mol. The minimum Gasteiger partial charge on any atom is -0.494 e. The number of aliphatic imine (C=N–C) groups is 1. The third-order valence-electron chi connectivity index (χ3n) is 6.95. The second-order valence-electron chi connectivity index (χ2n) is 9.74. The van der Waals surface area contributed by atoms with Crippen LogP contribution in [-0.4, -0.2) is 48.3 Å². The molecule has 3 aromatic carbocycles. The van der Waals surface area contributed by atoms with Gasteiger partial charge in [-0.1, -0.05) is 59.7 Å². The molecule has 0 spiro atoms. The van der Waals surface area contributed by atoms with Crippen LogP contribution in [0.5, 0.6) is 5.75 Å². The van der Waals surface area contributed by atoms with E-state index in [1.807, 2.05) is 61.5 Å². The molecule has 0 fully saturated rings. The predicted molar refractivity (Wildman–Crippen MR) is 155 cm³/mol. The van der Waals surface area contributed by atoms with Crippen molar-refractivity contribution in [2.24, 2.45) is 10.1 Å². The lowest BCUT2D eigenvalue weighted by Crippen LogP contribution is -2.52. The Morgan fingerprint density at radius 3 is 2.58 bits per heavy atom. The maximum absolute atomic E-state index is 13.8. The second kappa shape index (κ2) is 14.2. The van der Waals surface area contributed by atoms with Crippen molar-refractivity contribution in [3.63, 3.8) is 0 Å². The van der Waals surface area contributed by atoms with Crippen LogP contribution in [0, 0.1) is 0 Å². The number of aliphatic hydroxyl groups is 1. The van der Waals surface area contributed by atoms with Crippen LogP contribution < -0.4 is 10.1 Å². The fourth-order valence-electron chi connectivity index (χ4n) is 4.69. The van der Waals surface area contributed by atoms with Crippen LogP contribution in [0.15, 0.2) is 89.0 Å². The average molecular weight is 542 g/mol. The van der Waals surface area contributed by atoms with E-state index in [0.717, 1.165) is 24.8 Å². The number of carbonyl (C=O) groups excluding carboxylic acids is 1. The molecule has 3 aromatic rings. The van der Waals surface area contributed by atoms with Crippen molar-refractivity contribution in [2.45, 2.75) is 50.7 Å². The molecule has 0 radical (unpaired) electrons. The standard InChI is InChI=1S/C31H35N5O4/c1-23-31(22-26-13-5-6-14-28(26)35-36-32,30(38)33-19-8-7-12-24-10-3-2-4-11-24)34-29(40-23)25-15-17-27(18-16-25)39-21-9-20-37/h2-6,10-11,13-18,23,37H,7-9,12,19-22H2,1H3,(H,33,38)/t23-,31-/m1/s1. The fraction of sp³-hybridized carbons (Fsp3) is 0.355. The Morgan fingerprint density at radius 2 is 1.82 bits per heavy atom. The van der Waals surface area contributed by atoms with Crippen molar-refractivity contribution < 1.29 is 19.4 Å². The molecule has 9 nitrogen and oxygen atoms in total. The van der Waals surface area contributed by atoms with Gasteiger partial charge in [0.15, 0.2) is 5.54 Å². The molecule has 208 valence electrons. The van der Waals surface area contributed by atoms with Gasteiger partial charge in [-0.15, -0.1) is 0 Å². The van der Waals surface area contributed by atoms with Crippen LogP contribution >= 0.6 is 0 Å². The van der Waals surface area contributed by atoms with Crippen molar-refractivity contribution in [1.82, 2.24) is 5.32 Å². The largest absolute Gasteiger partial charge is 0.494 e. The third kappa shape index (κ3) is 7.20. The van der Waals surface area contributed by atoms with Gasteiger partial charge in [0.2, 0.25) is 5.90 Å². The number of aryl methyl sites for hydroxylation is 1. The number of benzene rings is 3. The molecule has 40 heavy (non-hydrogen) atoms. The number of amides is 1. The van der Waals surface area contributed by atoms with E-state index in [1.54, 1.807) is 12.1 Å². The Balaban J connectivity index is 1.53. The molecule has 2 atom stereocenters. The number of hydrogen-bond donors (Lipinski definition) is 2. The summed E-state index contributed by atoms with van der Waals surface area (Å²) in [6.45, 7) is 2.85. The van der Waals surface area contributed by atoms with Gasteiger partial charge in [0, 0.05) is 42.2 Å². The summed E-state index contributed by atoms with van der Waals surface area (Å²) < 4.78 is 11.8. The molecule has 1 heterocycles. The van der Waals surface area contributed by atoms with Crippen molar-refractivity contribution in [1.29, 1.82) is 0 Å². The summed E-state index contributed by atoms with van der Waals surface area (Å²) in [7, 11) is 0. The van der Waals surface area contributed by atoms with E-state index in [1.165, 1.54) is 5.56 Å². The van der Waals surface area contributed by atoms with Gasteiger partial charge in [-0.3, -0.25) is 4.79 Å². The molecule has 0 saturated carbocycles. The van der Waals surface area contributed by atoms with Crippen LogP contribution in [0.4, 0.5) is 5.69 Å². The Kier molecular flexibility index (Phi) is 10.2. The summed E-state index contributed by atoms with van der Waals surface area (Å²) >= 11 is 0. The van der Waals surface area contributed by atoms with Gasteiger partial charge in [0.25, 0.3) is 5.91 Å². The first-order valence-electron chi connectivity index (χ1n) is 13.6. The van der Waals surface area contributed by atoms with Crippen molar-refractivity contribution >= 4 is 17.5 Å². The highest BCUT2D eigenvalue weighted by Gasteiger charge is 2.50. The molecule has 0 bridgehead atoms. The topological polar surface area (TPSA) is 129 Å². The van der Waals surface area contributed by atoms with Crippen LogP contribution in [0.25, 0.3) is 10.4 Å². The zero-order chi connectivity index (χ0) is 28.2. The molecule has 9 heteroatoms. The fourth-order valence-corrected chi connectivity index (χ4v) is 4.69. The van der Waals surface area contributed by atoms with Gasteiger partial charge in [-0.25, -0.2) is 4.99 Å². The first-order valence-corrected chi connectivity index (χ1v) is 13.6. The van der Waals surface area contributed by atoms with Gasteiger partial charge in [0.05, 0.1) is 6.61 Å². The number of azide groups is 1. The summed E-state index contributed by atoms with van der Waals surface area (Å²) in [6, 6.07) is 24.8. The number of aliphatic hydroxyl groups excluding tert-OH is 1. The summed E-state index contributed by atoms with van der Waals surface area (Å²) in [4.78, 5) is 21.7. The third-order valence-corrected chi connectivity index (χ3v) is 6.95. The van der Waals surface area contributed by atoms with Gasteiger partial charge >= 0.3 is 0 Å². The zero-order valence-corrected chi connectivity index (χ0v) is 22.7. The highest BCUT2D eigenvalue weighted by atomic mass is 16.5. The van der Waals surface area contributed by atoms with E-state index in [9.17, 15) is 4.79 Å². The molecule has 0 aromatic heterocycles. The number of nitrogens with one attached hydrogen (secondary N) is 1. The van der Waals surface area contributed by atoms with E-state index in [0.29, 0.717) is 42.5 Å². The minimum absolute atomic E-state index is 0.0700. The van der Waals surface area contributed by atoms with E-state index < -0.39 is 11.6 Å². The van der Waals surface area contributed by atoms with Gasteiger partial charge in [-0.2, -0.15) is 0 Å².